The van der Waals surface area contributed by atoms with Gasteiger partial charge in [0.25, 0.3) is 5.78 Å². The molecule has 0 saturated carbocycles. The number of alkyl halides is 3. The number of likely N-dealkylation sites (tertiary alicyclic amines) is 1. The Bertz CT molecular complexity index is 832. The molecule has 3 rings (SSSR count). The number of piperazine rings is 1. The lowest BCUT2D eigenvalue weighted by Crippen LogP contribution is -2.71. The van der Waals surface area contributed by atoms with E-state index in [2.05, 4.69) is 5.32 Å². The van der Waals surface area contributed by atoms with Crippen molar-refractivity contribution in [1.82, 2.24) is 20.0 Å². The van der Waals surface area contributed by atoms with E-state index in [1.807, 2.05) is 24.3 Å². The molecule has 9 nitrogen and oxygen atoms in total. The third kappa shape index (κ3) is 5.07. The van der Waals surface area contributed by atoms with Gasteiger partial charge < -0.3 is 30.9 Å². The molecule has 31 heavy (non-hydrogen) atoms. The van der Waals surface area contributed by atoms with Gasteiger partial charge in [-0.25, -0.2) is 9.59 Å². The maximum absolute atomic E-state index is 12.5. The average Bonchev–Trinajstić information content (AvgIpc) is 2.74. The molecule has 0 aliphatic carbocycles. The number of carbonyl (C=O) groups is 3. The van der Waals surface area contributed by atoms with Crippen molar-refractivity contribution in [2.24, 2.45) is 5.73 Å². The van der Waals surface area contributed by atoms with Gasteiger partial charge in [0.2, 0.25) is 0 Å². The number of nitrogens with one attached hydrogen (secondary N) is 1. The number of Topliss-reactive ketones (excluding diaryl/α,β-unsaturated/α-hetero) is 1. The average molecular weight is 443 g/mol. The number of nitrogens with two attached hydrogens (primary N) is 1. The Morgan fingerprint density at radius 2 is 1.48 bits per heavy atom. The van der Waals surface area contributed by atoms with Crippen molar-refractivity contribution in [2.75, 3.05) is 39.3 Å². The molecule has 2 fully saturated rings. The Morgan fingerprint density at radius 1 is 0.968 bits per heavy atom. The lowest BCUT2D eigenvalue weighted by molar-refractivity contribution is -0.201. The van der Waals surface area contributed by atoms with Gasteiger partial charge in [-0.05, 0) is 11.1 Å². The number of carbonyl (C=O) groups excluding carboxylic acids is 3. The fourth-order valence-electron chi connectivity index (χ4n) is 3.51. The van der Waals surface area contributed by atoms with Gasteiger partial charge >= 0.3 is 18.2 Å². The Balaban J connectivity index is 1.42. The fourth-order valence-corrected chi connectivity index (χ4v) is 3.51. The van der Waals surface area contributed by atoms with Crippen molar-refractivity contribution in [2.45, 2.75) is 24.9 Å². The number of rotatable bonds is 4. The second kappa shape index (κ2) is 8.71. The number of benzene rings is 1. The minimum Gasteiger partial charge on any atom is -0.378 e. The van der Waals surface area contributed by atoms with Gasteiger partial charge in [0.05, 0.1) is 13.1 Å². The number of urea groups is 2. The van der Waals surface area contributed by atoms with Gasteiger partial charge in [0, 0.05) is 39.3 Å². The van der Waals surface area contributed by atoms with Crippen LogP contribution in [0.15, 0.2) is 24.3 Å². The normalized spacial score (nSPS) is 18.4. The summed E-state index contributed by atoms with van der Waals surface area (Å²) < 4.78 is 37.5. The van der Waals surface area contributed by atoms with Crippen molar-refractivity contribution in [1.29, 1.82) is 0 Å². The molecule has 0 radical (unpaired) electrons. The van der Waals surface area contributed by atoms with Crippen molar-refractivity contribution >= 4 is 17.8 Å². The molecular weight excluding hydrogens is 419 g/mol. The fraction of sp³-hybridized carbons (Fsp3) is 0.526. The molecule has 2 saturated heterocycles. The van der Waals surface area contributed by atoms with Crippen LogP contribution in [0.2, 0.25) is 0 Å². The van der Waals surface area contributed by atoms with E-state index in [1.54, 1.807) is 0 Å². The van der Waals surface area contributed by atoms with E-state index in [4.69, 9.17) is 5.73 Å². The third-order valence-corrected chi connectivity index (χ3v) is 5.40. The second-order valence-corrected chi connectivity index (χ2v) is 7.65. The van der Waals surface area contributed by atoms with Crippen molar-refractivity contribution < 1.29 is 32.7 Å². The summed E-state index contributed by atoms with van der Waals surface area (Å²) in [6.45, 7) is 0.265. The summed E-state index contributed by atoms with van der Waals surface area (Å²) in [5, 5.41) is 12.6. The van der Waals surface area contributed by atoms with Crippen molar-refractivity contribution in [3.05, 3.63) is 35.4 Å². The number of nitrogens with zero attached hydrogens (tertiary/aromatic N) is 3. The van der Waals surface area contributed by atoms with E-state index in [1.165, 1.54) is 9.80 Å². The van der Waals surface area contributed by atoms with Gasteiger partial charge in [0.15, 0.2) is 5.60 Å². The van der Waals surface area contributed by atoms with Gasteiger partial charge in [-0.15, -0.1) is 0 Å². The first-order valence-corrected chi connectivity index (χ1v) is 9.72. The number of aliphatic hydroxyl groups is 1. The number of amides is 4. The van der Waals surface area contributed by atoms with Crippen LogP contribution in [-0.4, -0.2) is 88.7 Å². The number of hydrogen-bond donors (Lipinski definition) is 3. The Labute approximate surface area is 176 Å². The molecule has 1 aromatic rings. The minimum absolute atomic E-state index is 0.194. The zero-order chi connectivity index (χ0) is 22.8. The first-order chi connectivity index (χ1) is 14.5. The highest BCUT2D eigenvalue weighted by Crippen LogP contribution is 2.31. The van der Waals surface area contributed by atoms with Crippen LogP contribution >= 0.6 is 0 Å². The Kier molecular flexibility index (Phi) is 6.41. The number of hydrogen-bond acceptors (Lipinski definition) is 5. The van der Waals surface area contributed by atoms with Crippen molar-refractivity contribution in [3.63, 3.8) is 0 Å². The molecule has 0 unspecified atom stereocenters. The van der Waals surface area contributed by atoms with Crippen LogP contribution in [0.25, 0.3) is 0 Å². The van der Waals surface area contributed by atoms with E-state index in [9.17, 15) is 32.7 Å². The molecule has 12 heteroatoms. The summed E-state index contributed by atoms with van der Waals surface area (Å²) in [6.07, 6.45) is -5.16. The van der Waals surface area contributed by atoms with Crippen LogP contribution in [-0.2, 0) is 17.9 Å². The van der Waals surface area contributed by atoms with E-state index in [-0.39, 0.29) is 32.2 Å². The van der Waals surface area contributed by atoms with Crippen LogP contribution in [0, 0.1) is 0 Å². The molecule has 0 spiro atoms. The zero-order valence-corrected chi connectivity index (χ0v) is 16.7. The minimum atomic E-state index is -5.16. The molecular formula is C19H24F3N5O4. The molecule has 170 valence electrons. The van der Waals surface area contributed by atoms with Crippen molar-refractivity contribution in [3.8, 4) is 0 Å². The highest BCUT2D eigenvalue weighted by Gasteiger charge is 2.59. The maximum Gasteiger partial charge on any atom is 0.453 e. The number of halogens is 3. The maximum atomic E-state index is 12.5. The Hall–Kier alpha value is -2.86. The SMILES string of the molecule is NCc1ccc(CNC(=O)N2CCN(C(=O)N3CC(O)(C(=O)C(F)(F)F)C3)CC2)cc1. The lowest BCUT2D eigenvalue weighted by atomic mass is 9.89. The number of ketones is 1. The summed E-state index contributed by atoms with van der Waals surface area (Å²) in [4.78, 5) is 39.9. The largest absolute Gasteiger partial charge is 0.453 e. The van der Waals surface area contributed by atoms with E-state index < -0.39 is 36.7 Å². The third-order valence-electron chi connectivity index (χ3n) is 5.40. The van der Waals surface area contributed by atoms with Gasteiger partial charge in [-0.2, -0.15) is 13.2 Å². The Morgan fingerprint density at radius 3 is 2.00 bits per heavy atom. The molecule has 2 aliphatic rings. The summed E-state index contributed by atoms with van der Waals surface area (Å²) in [6, 6.07) is 6.65. The molecule has 4 N–H and O–H groups in total. The summed E-state index contributed by atoms with van der Waals surface area (Å²) in [5.41, 5.74) is 4.86. The molecule has 4 amide bonds. The second-order valence-electron chi connectivity index (χ2n) is 7.65. The smallest absolute Gasteiger partial charge is 0.378 e. The predicted octanol–water partition coefficient (Wildman–Crippen LogP) is 0.271. The first-order valence-electron chi connectivity index (χ1n) is 9.72. The zero-order valence-electron chi connectivity index (χ0n) is 16.7. The van der Waals surface area contributed by atoms with Crippen LogP contribution < -0.4 is 11.1 Å². The van der Waals surface area contributed by atoms with Gasteiger partial charge in [-0.1, -0.05) is 24.3 Å². The summed E-state index contributed by atoms with van der Waals surface area (Å²) >= 11 is 0. The monoisotopic (exact) mass is 443 g/mol. The lowest BCUT2D eigenvalue weighted by Gasteiger charge is -2.47. The van der Waals surface area contributed by atoms with Crippen LogP contribution in [0.3, 0.4) is 0 Å². The van der Waals surface area contributed by atoms with Crippen LogP contribution in [0.4, 0.5) is 22.8 Å². The summed E-state index contributed by atoms with van der Waals surface area (Å²) in [7, 11) is 0. The topological polar surface area (TPSA) is 119 Å². The van der Waals surface area contributed by atoms with E-state index in [0.29, 0.717) is 13.1 Å². The molecule has 2 aliphatic heterocycles. The van der Waals surface area contributed by atoms with E-state index in [0.717, 1.165) is 16.0 Å². The highest BCUT2D eigenvalue weighted by atomic mass is 19.4. The highest BCUT2D eigenvalue weighted by molar-refractivity contribution is 5.95. The molecule has 2 heterocycles. The van der Waals surface area contributed by atoms with Gasteiger partial charge in [0.1, 0.15) is 0 Å². The number of β-amino-alcohol motifs (C(OH)–C–C–N with tert-alkyl or cyclic N) is 1. The van der Waals surface area contributed by atoms with Crippen LogP contribution in [0.1, 0.15) is 11.1 Å². The van der Waals surface area contributed by atoms with E-state index >= 15 is 0 Å². The quantitative estimate of drug-likeness (QED) is 0.617. The molecule has 0 atom stereocenters. The summed E-state index contributed by atoms with van der Waals surface area (Å²) in [5.74, 6) is -2.25. The molecule has 0 aromatic heterocycles. The molecule has 0 bridgehead atoms. The predicted molar refractivity (Wildman–Crippen MR) is 103 cm³/mol. The van der Waals surface area contributed by atoms with Crippen LogP contribution in [0.5, 0.6) is 0 Å². The van der Waals surface area contributed by atoms with Gasteiger partial charge in [-0.3, -0.25) is 4.79 Å². The first kappa shape index (κ1) is 22.8. The molecule has 1 aromatic carbocycles. The standard InChI is InChI=1S/C19H24F3N5O4/c20-19(21,22)15(28)18(31)11-27(12-18)17(30)26-7-5-25(6-8-26)16(29)24-10-14-3-1-13(9-23)2-4-14/h1-4,31H,5-12,23H2,(H,24,29).